The van der Waals surface area contributed by atoms with Crippen molar-refractivity contribution in [1.82, 2.24) is 4.90 Å². The molecule has 0 spiro atoms. The van der Waals surface area contributed by atoms with E-state index >= 15 is 0 Å². The Labute approximate surface area is 213 Å². The van der Waals surface area contributed by atoms with E-state index in [1.54, 1.807) is 0 Å². The predicted octanol–water partition coefficient (Wildman–Crippen LogP) is 5.75. The highest BCUT2D eigenvalue weighted by atomic mass is 19.1. The van der Waals surface area contributed by atoms with Gasteiger partial charge in [-0.3, -0.25) is 25.1 Å². The lowest BCUT2D eigenvalue weighted by Crippen LogP contribution is -2.35. The first kappa shape index (κ1) is 26.2. The van der Waals surface area contributed by atoms with Gasteiger partial charge in [-0.25, -0.2) is 9.18 Å². The standard InChI is InChI=1S/C26H28FN3O7/c27-25-15-22(30(34)35)7-10-24(25)20-11-13-28(14-12-20)16-18-1-3-19(4-2-18)17-36-26(31)37-23-8-5-21(6-9-23)29(32)33/h5-11,15,18-19H,1-4,12-14,16-17H2/t18-,19-. The lowest BCUT2D eigenvalue weighted by molar-refractivity contribution is -0.385. The fourth-order valence-electron chi connectivity index (χ4n) is 4.89. The summed E-state index contributed by atoms with van der Waals surface area (Å²) >= 11 is 0. The summed E-state index contributed by atoms with van der Waals surface area (Å²) in [6.07, 6.45) is 5.80. The van der Waals surface area contributed by atoms with Crippen LogP contribution in [0.15, 0.2) is 48.5 Å². The third-order valence-corrected chi connectivity index (χ3v) is 6.97. The van der Waals surface area contributed by atoms with E-state index < -0.39 is 21.8 Å². The Morgan fingerprint density at radius 1 is 0.973 bits per heavy atom. The number of benzene rings is 2. The molecule has 0 amide bonds. The van der Waals surface area contributed by atoms with E-state index in [1.807, 2.05) is 6.08 Å². The monoisotopic (exact) mass is 513 g/mol. The molecule has 4 rings (SSSR count). The fourth-order valence-corrected chi connectivity index (χ4v) is 4.89. The van der Waals surface area contributed by atoms with Crippen molar-refractivity contribution in [3.8, 4) is 5.75 Å². The summed E-state index contributed by atoms with van der Waals surface area (Å²) in [4.78, 5) is 34.7. The van der Waals surface area contributed by atoms with Crippen LogP contribution in [0.4, 0.5) is 20.6 Å². The fraction of sp³-hybridized carbons (Fsp3) is 0.423. The van der Waals surface area contributed by atoms with Gasteiger partial charge in [-0.05, 0) is 67.7 Å². The molecule has 0 atom stereocenters. The zero-order chi connectivity index (χ0) is 26.4. The van der Waals surface area contributed by atoms with Crippen molar-refractivity contribution in [1.29, 1.82) is 0 Å². The number of halogens is 1. The molecule has 2 aromatic rings. The molecular weight excluding hydrogens is 485 g/mol. The van der Waals surface area contributed by atoms with Crippen LogP contribution in [0.1, 0.15) is 37.7 Å². The van der Waals surface area contributed by atoms with Crippen molar-refractivity contribution in [2.75, 3.05) is 26.2 Å². The Hall–Kier alpha value is -3.86. The summed E-state index contributed by atoms with van der Waals surface area (Å²) in [5.74, 6) is 0.424. The van der Waals surface area contributed by atoms with E-state index in [4.69, 9.17) is 9.47 Å². The van der Waals surface area contributed by atoms with Crippen molar-refractivity contribution in [2.24, 2.45) is 11.8 Å². The van der Waals surface area contributed by atoms with Gasteiger partial charge < -0.3 is 9.47 Å². The Balaban J connectivity index is 1.16. The minimum atomic E-state index is -0.823. The normalized spacial score (nSPS) is 20.1. The molecule has 1 aliphatic carbocycles. The predicted molar refractivity (Wildman–Crippen MR) is 133 cm³/mol. The number of non-ortho nitro benzene ring substituents is 2. The Kier molecular flexibility index (Phi) is 8.44. The zero-order valence-corrected chi connectivity index (χ0v) is 20.2. The van der Waals surface area contributed by atoms with E-state index in [1.165, 1.54) is 36.4 Å². The number of carbonyl (C=O) groups is 1. The highest BCUT2D eigenvalue weighted by Crippen LogP contribution is 2.32. The number of carbonyl (C=O) groups excluding carboxylic acids is 1. The summed E-state index contributed by atoms with van der Waals surface area (Å²) in [6.45, 7) is 2.74. The maximum absolute atomic E-state index is 14.3. The van der Waals surface area contributed by atoms with E-state index in [-0.39, 0.29) is 29.6 Å². The maximum atomic E-state index is 14.3. The molecule has 0 saturated heterocycles. The summed E-state index contributed by atoms with van der Waals surface area (Å²) in [6, 6.07) is 9.02. The lowest BCUT2D eigenvalue weighted by atomic mass is 9.82. The molecule has 0 unspecified atom stereocenters. The van der Waals surface area contributed by atoms with Crippen LogP contribution in [-0.2, 0) is 4.74 Å². The quantitative estimate of drug-likeness (QED) is 0.189. The molecular formula is C26H28FN3O7. The molecule has 0 radical (unpaired) electrons. The van der Waals surface area contributed by atoms with Gasteiger partial charge in [0.2, 0.25) is 0 Å². The van der Waals surface area contributed by atoms with Crippen molar-refractivity contribution < 1.29 is 28.5 Å². The molecule has 1 heterocycles. The molecule has 0 aromatic heterocycles. The van der Waals surface area contributed by atoms with Gasteiger partial charge in [-0.1, -0.05) is 6.08 Å². The minimum absolute atomic E-state index is 0.0862. The molecule has 1 aliphatic heterocycles. The van der Waals surface area contributed by atoms with Gasteiger partial charge in [0.25, 0.3) is 11.4 Å². The number of hydrogen-bond acceptors (Lipinski definition) is 8. The second-order valence-electron chi connectivity index (χ2n) is 9.46. The minimum Gasteiger partial charge on any atom is -0.434 e. The Morgan fingerprint density at radius 2 is 1.62 bits per heavy atom. The summed E-state index contributed by atoms with van der Waals surface area (Å²) in [5.41, 5.74) is 0.974. The molecule has 10 nitrogen and oxygen atoms in total. The molecule has 2 aliphatic rings. The van der Waals surface area contributed by atoms with Crippen LogP contribution < -0.4 is 4.74 Å². The first-order chi connectivity index (χ1) is 17.8. The molecule has 2 aromatic carbocycles. The van der Waals surface area contributed by atoms with Crippen molar-refractivity contribution in [2.45, 2.75) is 32.1 Å². The highest BCUT2D eigenvalue weighted by molar-refractivity contribution is 5.68. The third kappa shape index (κ3) is 7.10. The van der Waals surface area contributed by atoms with Gasteiger partial charge in [0.15, 0.2) is 0 Å². The molecule has 1 saturated carbocycles. The number of nitrogens with zero attached hydrogens (tertiary/aromatic N) is 3. The number of ether oxygens (including phenoxy) is 2. The van der Waals surface area contributed by atoms with Crippen molar-refractivity contribution >= 4 is 23.1 Å². The number of nitro groups is 2. The lowest BCUT2D eigenvalue weighted by Gasteiger charge is -2.34. The van der Waals surface area contributed by atoms with Crippen LogP contribution in [0.3, 0.4) is 0 Å². The molecule has 0 bridgehead atoms. The molecule has 1 fully saturated rings. The first-order valence-corrected chi connectivity index (χ1v) is 12.2. The first-order valence-electron chi connectivity index (χ1n) is 12.2. The highest BCUT2D eigenvalue weighted by Gasteiger charge is 2.25. The molecule has 11 heteroatoms. The SMILES string of the molecule is O=C(OC[C@H]1CC[C@H](CN2CC=C(c3ccc([N+](=O)[O-])cc3F)CC2)CC1)Oc1ccc([N+](=O)[O-])cc1. The second kappa shape index (κ2) is 11.9. The molecule has 37 heavy (non-hydrogen) atoms. The van der Waals surface area contributed by atoms with E-state index in [2.05, 4.69) is 4.90 Å². The van der Waals surface area contributed by atoms with E-state index in [9.17, 15) is 29.4 Å². The van der Waals surface area contributed by atoms with Gasteiger partial charge >= 0.3 is 6.16 Å². The smallest absolute Gasteiger partial charge is 0.434 e. The van der Waals surface area contributed by atoms with Gasteiger partial charge in [-0.2, -0.15) is 0 Å². The van der Waals surface area contributed by atoms with Gasteiger partial charge in [0.1, 0.15) is 11.6 Å². The largest absolute Gasteiger partial charge is 0.513 e. The number of nitro benzene ring substituents is 2. The van der Waals surface area contributed by atoms with Gasteiger partial charge in [0.05, 0.1) is 22.5 Å². The van der Waals surface area contributed by atoms with E-state index in [0.29, 0.717) is 24.4 Å². The summed E-state index contributed by atoms with van der Waals surface area (Å²) in [5, 5.41) is 21.5. The topological polar surface area (TPSA) is 125 Å². The van der Waals surface area contributed by atoms with Crippen molar-refractivity contribution in [3.05, 3.63) is 80.1 Å². The van der Waals surface area contributed by atoms with Crippen LogP contribution in [0, 0.1) is 37.9 Å². The second-order valence-corrected chi connectivity index (χ2v) is 9.46. The third-order valence-electron chi connectivity index (χ3n) is 6.97. The average Bonchev–Trinajstić information content (AvgIpc) is 2.89. The molecule has 0 N–H and O–H groups in total. The average molecular weight is 514 g/mol. The Bertz CT molecular complexity index is 1180. The molecule has 196 valence electrons. The Morgan fingerprint density at radius 3 is 2.22 bits per heavy atom. The number of rotatable bonds is 8. The number of hydrogen-bond donors (Lipinski definition) is 0. The van der Waals surface area contributed by atoms with Crippen LogP contribution >= 0.6 is 0 Å². The van der Waals surface area contributed by atoms with Crippen LogP contribution in [0.5, 0.6) is 5.75 Å². The van der Waals surface area contributed by atoms with Gasteiger partial charge in [0, 0.05) is 43.4 Å². The summed E-state index contributed by atoms with van der Waals surface area (Å²) < 4.78 is 24.7. The maximum Gasteiger partial charge on any atom is 0.513 e. The van der Waals surface area contributed by atoms with Gasteiger partial charge in [-0.15, -0.1) is 0 Å². The van der Waals surface area contributed by atoms with Crippen LogP contribution in [-0.4, -0.2) is 47.1 Å². The van der Waals surface area contributed by atoms with E-state index in [0.717, 1.165) is 50.4 Å². The zero-order valence-electron chi connectivity index (χ0n) is 20.2. The van der Waals surface area contributed by atoms with Crippen LogP contribution in [0.2, 0.25) is 0 Å². The van der Waals surface area contributed by atoms with Crippen LogP contribution in [0.25, 0.3) is 5.57 Å². The van der Waals surface area contributed by atoms with Crippen molar-refractivity contribution in [3.63, 3.8) is 0 Å². The summed E-state index contributed by atoms with van der Waals surface area (Å²) in [7, 11) is 0.